The van der Waals surface area contributed by atoms with Crippen molar-refractivity contribution in [3.63, 3.8) is 0 Å². The van der Waals surface area contributed by atoms with Crippen LogP contribution in [0.1, 0.15) is 12.0 Å². The van der Waals surface area contributed by atoms with Gasteiger partial charge in [0.2, 0.25) is 0 Å². The van der Waals surface area contributed by atoms with Gasteiger partial charge in [0.25, 0.3) is 0 Å². The van der Waals surface area contributed by atoms with E-state index in [0.29, 0.717) is 0 Å². The highest BCUT2D eigenvalue weighted by atomic mass is 16.5. The van der Waals surface area contributed by atoms with Crippen LogP contribution in [-0.4, -0.2) is 13.2 Å². The molecule has 0 aromatic heterocycles. The molecule has 0 atom stereocenters. The zero-order valence-electron chi connectivity index (χ0n) is 6.99. The van der Waals surface area contributed by atoms with Gasteiger partial charge in [-0.25, -0.2) is 0 Å². The molecule has 1 aromatic rings. The molecule has 0 spiro atoms. The van der Waals surface area contributed by atoms with Crippen LogP contribution < -0.4 is 0 Å². The highest BCUT2D eigenvalue weighted by Crippen LogP contribution is 2.17. The molecular formula is C11H12O. The quantitative estimate of drug-likeness (QED) is 0.613. The topological polar surface area (TPSA) is 9.23 Å². The van der Waals surface area contributed by atoms with Gasteiger partial charge >= 0.3 is 0 Å². The maximum atomic E-state index is 5.37. The Bertz CT molecular complexity index is 274. The SMILES string of the molecule is C1=C(c2ccccc2)COCC1. The van der Waals surface area contributed by atoms with Gasteiger partial charge in [-0.15, -0.1) is 0 Å². The highest BCUT2D eigenvalue weighted by molar-refractivity contribution is 5.66. The summed E-state index contributed by atoms with van der Waals surface area (Å²) in [4.78, 5) is 0. The molecule has 0 amide bonds. The summed E-state index contributed by atoms with van der Waals surface area (Å²) in [5.74, 6) is 0. The molecule has 2 rings (SSSR count). The van der Waals surface area contributed by atoms with Crippen LogP contribution in [0.2, 0.25) is 0 Å². The van der Waals surface area contributed by atoms with Gasteiger partial charge in [0.15, 0.2) is 0 Å². The number of ether oxygens (including phenoxy) is 1. The van der Waals surface area contributed by atoms with Gasteiger partial charge in [0.05, 0.1) is 13.2 Å². The van der Waals surface area contributed by atoms with Gasteiger partial charge < -0.3 is 4.74 Å². The van der Waals surface area contributed by atoms with E-state index in [1.807, 2.05) is 6.07 Å². The van der Waals surface area contributed by atoms with Crippen LogP contribution in [0.3, 0.4) is 0 Å². The summed E-state index contributed by atoms with van der Waals surface area (Å²) >= 11 is 0. The van der Waals surface area contributed by atoms with Gasteiger partial charge in [-0.05, 0) is 17.6 Å². The molecule has 0 saturated heterocycles. The maximum Gasteiger partial charge on any atom is 0.0719 e. The van der Waals surface area contributed by atoms with E-state index in [9.17, 15) is 0 Å². The average molecular weight is 160 g/mol. The fraction of sp³-hybridized carbons (Fsp3) is 0.273. The minimum atomic E-state index is 0.768. The Morgan fingerprint density at radius 1 is 1.08 bits per heavy atom. The minimum absolute atomic E-state index is 0.768. The zero-order valence-corrected chi connectivity index (χ0v) is 6.99. The third-order valence-electron chi connectivity index (χ3n) is 2.06. The van der Waals surface area contributed by atoms with E-state index in [0.717, 1.165) is 19.6 Å². The summed E-state index contributed by atoms with van der Waals surface area (Å²) in [6.07, 6.45) is 3.31. The molecule has 62 valence electrons. The summed E-state index contributed by atoms with van der Waals surface area (Å²) in [7, 11) is 0. The molecule has 0 bridgehead atoms. The first-order valence-corrected chi connectivity index (χ1v) is 4.29. The van der Waals surface area contributed by atoms with Crippen LogP contribution in [0.25, 0.3) is 5.57 Å². The summed E-state index contributed by atoms with van der Waals surface area (Å²) in [6.45, 7) is 1.64. The second-order valence-electron chi connectivity index (χ2n) is 2.94. The molecule has 12 heavy (non-hydrogen) atoms. The van der Waals surface area contributed by atoms with E-state index in [2.05, 4.69) is 30.3 Å². The number of rotatable bonds is 1. The van der Waals surface area contributed by atoms with Gasteiger partial charge in [-0.1, -0.05) is 36.4 Å². The Labute approximate surface area is 72.7 Å². The second kappa shape index (κ2) is 3.55. The zero-order chi connectivity index (χ0) is 8.23. The number of benzene rings is 1. The lowest BCUT2D eigenvalue weighted by molar-refractivity contribution is 0.164. The predicted molar refractivity (Wildman–Crippen MR) is 49.9 cm³/mol. The van der Waals surface area contributed by atoms with Gasteiger partial charge in [-0.2, -0.15) is 0 Å². The first-order valence-electron chi connectivity index (χ1n) is 4.29. The fourth-order valence-electron chi connectivity index (χ4n) is 1.41. The standard InChI is InChI=1S/C11H12O/c1-2-5-10(6-3-1)11-7-4-8-12-9-11/h1-3,5-7H,4,8-9H2. The lowest BCUT2D eigenvalue weighted by Crippen LogP contribution is -2.04. The van der Waals surface area contributed by atoms with Crippen molar-refractivity contribution in [2.24, 2.45) is 0 Å². The Morgan fingerprint density at radius 3 is 2.58 bits per heavy atom. The van der Waals surface area contributed by atoms with Gasteiger partial charge in [0.1, 0.15) is 0 Å². The highest BCUT2D eigenvalue weighted by Gasteiger charge is 2.04. The first-order chi connectivity index (χ1) is 5.97. The molecule has 1 heteroatoms. The molecule has 0 N–H and O–H groups in total. The lowest BCUT2D eigenvalue weighted by atomic mass is 10.0. The molecule has 1 nitrogen and oxygen atoms in total. The lowest BCUT2D eigenvalue weighted by Gasteiger charge is -2.13. The Morgan fingerprint density at radius 2 is 1.92 bits per heavy atom. The van der Waals surface area contributed by atoms with Crippen LogP contribution in [-0.2, 0) is 4.74 Å². The van der Waals surface area contributed by atoms with Crippen LogP contribution in [0.4, 0.5) is 0 Å². The molecule has 0 fully saturated rings. The average Bonchev–Trinajstić information content (AvgIpc) is 2.21. The van der Waals surface area contributed by atoms with Crippen molar-refractivity contribution < 1.29 is 4.74 Å². The number of hydrogen-bond donors (Lipinski definition) is 0. The van der Waals surface area contributed by atoms with Gasteiger partial charge in [0, 0.05) is 0 Å². The fourth-order valence-corrected chi connectivity index (χ4v) is 1.41. The van der Waals surface area contributed by atoms with Crippen molar-refractivity contribution in [2.75, 3.05) is 13.2 Å². The van der Waals surface area contributed by atoms with E-state index >= 15 is 0 Å². The van der Waals surface area contributed by atoms with Crippen molar-refractivity contribution in [2.45, 2.75) is 6.42 Å². The Balaban J connectivity index is 2.24. The van der Waals surface area contributed by atoms with Crippen LogP contribution in [0.5, 0.6) is 0 Å². The molecule has 0 unspecified atom stereocenters. The van der Waals surface area contributed by atoms with E-state index < -0.39 is 0 Å². The molecule has 1 aromatic carbocycles. The van der Waals surface area contributed by atoms with Gasteiger partial charge in [-0.3, -0.25) is 0 Å². The third-order valence-corrected chi connectivity index (χ3v) is 2.06. The van der Waals surface area contributed by atoms with Crippen molar-refractivity contribution in [1.82, 2.24) is 0 Å². The minimum Gasteiger partial charge on any atom is -0.376 e. The molecule has 0 aliphatic carbocycles. The normalized spacial score (nSPS) is 17.2. The van der Waals surface area contributed by atoms with Crippen molar-refractivity contribution in [3.05, 3.63) is 42.0 Å². The van der Waals surface area contributed by atoms with E-state index in [1.54, 1.807) is 0 Å². The summed E-state index contributed by atoms with van der Waals surface area (Å²) in [6, 6.07) is 10.4. The molecule has 1 heterocycles. The van der Waals surface area contributed by atoms with Crippen LogP contribution in [0, 0.1) is 0 Å². The maximum absolute atomic E-state index is 5.37. The van der Waals surface area contributed by atoms with Crippen LogP contribution in [0.15, 0.2) is 36.4 Å². The summed E-state index contributed by atoms with van der Waals surface area (Å²) in [5, 5.41) is 0. The molecular weight excluding hydrogens is 148 g/mol. The molecule has 0 saturated carbocycles. The second-order valence-corrected chi connectivity index (χ2v) is 2.94. The predicted octanol–water partition coefficient (Wildman–Crippen LogP) is 2.49. The Hall–Kier alpha value is -1.08. The summed E-state index contributed by atoms with van der Waals surface area (Å²) in [5.41, 5.74) is 2.61. The van der Waals surface area contributed by atoms with Crippen molar-refractivity contribution in [3.8, 4) is 0 Å². The monoisotopic (exact) mass is 160 g/mol. The Kier molecular flexibility index (Phi) is 2.23. The third kappa shape index (κ3) is 1.56. The smallest absolute Gasteiger partial charge is 0.0719 e. The summed E-state index contributed by atoms with van der Waals surface area (Å²) < 4.78 is 5.37. The van der Waals surface area contributed by atoms with Crippen molar-refractivity contribution >= 4 is 5.57 Å². The first kappa shape index (κ1) is 7.56. The van der Waals surface area contributed by atoms with E-state index in [4.69, 9.17) is 4.74 Å². The van der Waals surface area contributed by atoms with E-state index in [1.165, 1.54) is 11.1 Å². The number of hydrogen-bond acceptors (Lipinski definition) is 1. The molecule has 0 radical (unpaired) electrons. The molecule has 1 aliphatic rings. The molecule has 1 aliphatic heterocycles. The largest absolute Gasteiger partial charge is 0.376 e. The van der Waals surface area contributed by atoms with Crippen LogP contribution >= 0.6 is 0 Å². The van der Waals surface area contributed by atoms with E-state index in [-0.39, 0.29) is 0 Å². The van der Waals surface area contributed by atoms with Crippen molar-refractivity contribution in [1.29, 1.82) is 0 Å².